The topological polar surface area (TPSA) is 101 Å². The minimum atomic E-state index is -4.78. The predicted octanol–water partition coefficient (Wildman–Crippen LogP) is 5.00. The van der Waals surface area contributed by atoms with Crippen LogP contribution in [0.15, 0.2) is 60.9 Å². The lowest BCUT2D eigenvalue weighted by molar-refractivity contribution is -0.274. The average Bonchev–Trinajstić information content (AvgIpc) is 3.54. The number of fused-ring (bicyclic) bond motifs is 1. The number of benzene rings is 2. The quantitative estimate of drug-likeness (QED) is 0.368. The Morgan fingerprint density at radius 2 is 1.76 bits per heavy atom. The molecule has 1 aliphatic rings. The van der Waals surface area contributed by atoms with E-state index in [9.17, 15) is 22.8 Å². The number of methoxy groups -OCH3 is 1. The molecule has 0 atom stereocenters. The van der Waals surface area contributed by atoms with Crippen LogP contribution in [0.4, 0.5) is 18.9 Å². The lowest BCUT2D eigenvalue weighted by Gasteiger charge is -2.32. The highest BCUT2D eigenvalue weighted by atomic mass is 19.4. The Bertz CT molecular complexity index is 1450. The van der Waals surface area contributed by atoms with Gasteiger partial charge >= 0.3 is 6.36 Å². The van der Waals surface area contributed by atoms with Crippen LogP contribution in [0, 0.1) is 0 Å². The number of amides is 2. The average molecular weight is 528 g/mol. The highest BCUT2D eigenvalue weighted by molar-refractivity contribution is 6.05. The van der Waals surface area contributed by atoms with Gasteiger partial charge in [0.1, 0.15) is 17.2 Å². The molecule has 0 bridgehead atoms. The summed E-state index contributed by atoms with van der Waals surface area (Å²) in [5.74, 6) is -0.244. The third-order valence-electron chi connectivity index (χ3n) is 6.39. The number of hydrogen-bond acceptors (Lipinski definition) is 5. The Morgan fingerprint density at radius 3 is 2.45 bits per heavy atom. The monoisotopic (exact) mass is 527 g/mol. The van der Waals surface area contributed by atoms with Gasteiger partial charge in [-0.3, -0.25) is 14.3 Å². The van der Waals surface area contributed by atoms with E-state index in [1.165, 1.54) is 12.1 Å². The Balaban J connectivity index is 1.16. The van der Waals surface area contributed by atoms with Crippen LogP contribution in [-0.2, 0) is 0 Å². The molecule has 2 aromatic heterocycles. The van der Waals surface area contributed by atoms with Gasteiger partial charge in [0.25, 0.3) is 11.8 Å². The van der Waals surface area contributed by atoms with Gasteiger partial charge in [-0.15, -0.1) is 13.2 Å². The summed E-state index contributed by atoms with van der Waals surface area (Å²) >= 11 is 0. The number of aromatic nitrogens is 3. The van der Waals surface area contributed by atoms with Crippen molar-refractivity contribution in [2.45, 2.75) is 25.2 Å². The molecule has 5 rings (SSSR count). The van der Waals surface area contributed by atoms with Crippen LogP contribution in [0.3, 0.4) is 0 Å². The first-order chi connectivity index (χ1) is 18.2. The summed E-state index contributed by atoms with van der Waals surface area (Å²) < 4.78 is 47.9. The SMILES string of the molecule is COc1ccc2cc(C(=O)Nc3cnn(C4CCN(C(=O)c5ccc(OC(F)(F)F)cc5)CC4)c3)[nH]c2c1. The van der Waals surface area contributed by atoms with E-state index < -0.39 is 6.36 Å². The van der Waals surface area contributed by atoms with Gasteiger partial charge in [0.15, 0.2) is 0 Å². The first-order valence-corrected chi connectivity index (χ1v) is 11.9. The van der Waals surface area contributed by atoms with Crippen molar-refractivity contribution < 1.29 is 32.2 Å². The number of anilines is 1. The van der Waals surface area contributed by atoms with Crippen LogP contribution in [0.25, 0.3) is 10.9 Å². The van der Waals surface area contributed by atoms with Crippen LogP contribution < -0.4 is 14.8 Å². The lowest BCUT2D eigenvalue weighted by atomic mass is 10.0. The standard InChI is InChI=1S/C26H24F3N5O4/c1-37-21-7-4-17-12-23(32-22(17)13-21)24(35)31-18-14-30-34(15-18)19-8-10-33(11-9-19)25(36)16-2-5-20(6-3-16)38-26(27,28)29/h2-7,12-15,19,32H,8-11H2,1H3,(H,31,35). The molecule has 0 aliphatic carbocycles. The molecule has 4 aromatic rings. The van der Waals surface area contributed by atoms with Crippen molar-refractivity contribution in [1.29, 1.82) is 0 Å². The third-order valence-corrected chi connectivity index (χ3v) is 6.39. The molecule has 0 spiro atoms. The van der Waals surface area contributed by atoms with Gasteiger partial charge in [0.2, 0.25) is 0 Å². The Hall–Kier alpha value is -4.48. The van der Waals surface area contributed by atoms with Crippen molar-refractivity contribution in [3.05, 3.63) is 72.2 Å². The number of alkyl halides is 3. The fraction of sp³-hybridized carbons (Fsp3) is 0.269. The lowest BCUT2D eigenvalue weighted by Crippen LogP contribution is -2.39. The van der Waals surface area contributed by atoms with Crippen LogP contribution in [-0.4, -0.2) is 58.0 Å². The van der Waals surface area contributed by atoms with E-state index in [-0.39, 0.29) is 29.2 Å². The molecule has 0 unspecified atom stereocenters. The van der Waals surface area contributed by atoms with Crippen molar-refractivity contribution in [2.75, 3.05) is 25.5 Å². The zero-order valence-electron chi connectivity index (χ0n) is 20.3. The summed E-state index contributed by atoms with van der Waals surface area (Å²) in [4.78, 5) is 30.3. The number of carbonyl (C=O) groups is 2. The molecule has 2 aromatic carbocycles. The van der Waals surface area contributed by atoms with Crippen molar-refractivity contribution in [3.8, 4) is 11.5 Å². The van der Waals surface area contributed by atoms with Crippen molar-refractivity contribution in [1.82, 2.24) is 19.7 Å². The maximum atomic E-state index is 12.8. The van der Waals surface area contributed by atoms with Gasteiger partial charge in [-0.2, -0.15) is 5.10 Å². The number of piperidine rings is 1. The second-order valence-corrected chi connectivity index (χ2v) is 8.89. The molecule has 2 N–H and O–H groups in total. The Morgan fingerprint density at radius 1 is 1.05 bits per heavy atom. The molecular formula is C26H24F3N5O4. The molecule has 0 saturated carbocycles. The molecule has 9 nitrogen and oxygen atoms in total. The van der Waals surface area contributed by atoms with Crippen LogP contribution in [0.2, 0.25) is 0 Å². The maximum Gasteiger partial charge on any atom is 0.573 e. The molecular weight excluding hydrogens is 503 g/mol. The van der Waals surface area contributed by atoms with E-state index in [1.54, 1.807) is 35.2 Å². The van der Waals surface area contributed by atoms with Gasteiger partial charge in [0.05, 0.1) is 25.0 Å². The summed E-state index contributed by atoms with van der Waals surface area (Å²) in [6, 6.07) is 12.2. The van der Waals surface area contributed by atoms with Gasteiger partial charge in [-0.1, -0.05) is 0 Å². The number of nitrogens with one attached hydrogen (secondary N) is 2. The summed E-state index contributed by atoms with van der Waals surface area (Å²) in [6.45, 7) is 0.925. The van der Waals surface area contributed by atoms with E-state index >= 15 is 0 Å². The number of aromatic amines is 1. The van der Waals surface area contributed by atoms with Crippen molar-refractivity contribution in [2.24, 2.45) is 0 Å². The first-order valence-electron chi connectivity index (χ1n) is 11.9. The molecule has 1 aliphatic heterocycles. The van der Waals surface area contributed by atoms with Gasteiger partial charge in [-0.25, -0.2) is 0 Å². The third kappa shape index (κ3) is 5.58. The van der Waals surface area contributed by atoms with Gasteiger partial charge in [0, 0.05) is 41.8 Å². The summed E-state index contributed by atoms with van der Waals surface area (Å²) in [5, 5.41) is 8.12. The van der Waals surface area contributed by atoms with E-state index in [2.05, 4.69) is 20.1 Å². The summed E-state index contributed by atoms with van der Waals surface area (Å²) in [5.41, 5.74) is 2.03. The molecule has 3 heterocycles. The smallest absolute Gasteiger partial charge is 0.497 e. The van der Waals surface area contributed by atoms with E-state index in [0.717, 1.165) is 23.0 Å². The predicted molar refractivity (Wildman–Crippen MR) is 132 cm³/mol. The highest BCUT2D eigenvalue weighted by Gasteiger charge is 2.31. The number of ether oxygens (including phenoxy) is 2. The number of halogens is 3. The van der Waals surface area contributed by atoms with Crippen LogP contribution in [0.5, 0.6) is 11.5 Å². The zero-order valence-corrected chi connectivity index (χ0v) is 20.3. The molecule has 0 radical (unpaired) electrons. The molecule has 1 fully saturated rings. The summed E-state index contributed by atoms with van der Waals surface area (Å²) in [6.07, 6.45) is -0.176. The highest BCUT2D eigenvalue weighted by Crippen LogP contribution is 2.27. The molecule has 38 heavy (non-hydrogen) atoms. The molecule has 1 saturated heterocycles. The van der Waals surface area contributed by atoms with E-state index in [1.807, 2.05) is 18.2 Å². The summed E-state index contributed by atoms with van der Waals surface area (Å²) in [7, 11) is 1.58. The zero-order chi connectivity index (χ0) is 26.9. The number of hydrogen-bond donors (Lipinski definition) is 2. The number of likely N-dealkylation sites (tertiary alicyclic amines) is 1. The number of rotatable bonds is 6. The Kier molecular flexibility index (Phi) is 6.70. The second kappa shape index (κ2) is 10.1. The van der Waals surface area contributed by atoms with Crippen molar-refractivity contribution >= 4 is 28.4 Å². The molecule has 12 heteroatoms. The number of carbonyl (C=O) groups excluding carboxylic acids is 2. The minimum absolute atomic E-state index is 0.0350. The molecule has 2 amide bonds. The van der Waals surface area contributed by atoms with Crippen molar-refractivity contribution in [3.63, 3.8) is 0 Å². The maximum absolute atomic E-state index is 12.8. The number of nitrogens with zero attached hydrogens (tertiary/aromatic N) is 3. The van der Waals surface area contributed by atoms with Gasteiger partial charge in [-0.05, 0) is 55.3 Å². The fourth-order valence-electron chi connectivity index (χ4n) is 4.47. The first kappa shape index (κ1) is 25.2. The van der Waals surface area contributed by atoms with E-state index in [4.69, 9.17) is 4.74 Å². The number of H-pyrrole nitrogens is 1. The molecule has 198 valence electrons. The van der Waals surface area contributed by atoms with Crippen LogP contribution >= 0.6 is 0 Å². The second-order valence-electron chi connectivity index (χ2n) is 8.89. The minimum Gasteiger partial charge on any atom is -0.497 e. The largest absolute Gasteiger partial charge is 0.573 e. The Labute approximate surface area is 215 Å². The van der Waals surface area contributed by atoms with E-state index in [0.29, 0.717) is 43.1 Å². The normalized spacial score (nSPS) is 14.5. The van der Waals surface area contributed by atoms with Crippen LogP contribution in [0.1, 0.15) is 39.7 Å². The fourth-order valence-corrected chi connectivity index (χ4v) is 4.47. The van der Waals surface area contributed by atoms with Gasteiger partial charge < -0.3 is 24.7 Å².